The second-order valence-corrected chi connectivity index (χ2v) is 10.5. The molecule has 0 aromatic heterocycles. The quantitative estimate of drug-likeness (QED) is 0.325. The number of nitrogens with one attached hydrogen (secondary N) is 1. The van der Waals surface area contributed by atoms with Crippen molar-refractivity contribution in [2.45, 2.75) is 44.5 Å². The summed E-state index contributed by atoms with van der Waals surface area (Å²) in [6.07, 6.45) is 0.984. The highest BCUT2D eigenvalue weighted by molar-refractivity contribution is 5.61. The summed E-state index contributed by atoms with van der Waals surface area (Å²) in [6.45, 7) is 6.80. The Balaban J connectivity index is 1.25. The van der Waals surface area contributed by atoms with Crippen molar-refractivity contribution in [3.05, 3.63) is 82.9 Å². The monoisotopic (exact) mass is 557 g/mol. The molecule has 8 nitrogen and oxygen atoms in total. The van der Waals surface area contributed by atoms with E-state index in [0.29, 0.717) is 43.4 Å². The summed E-state index contributed by atoms with van der Waals surface area (Å²) in [4.78, 5) is 2.35. The van der Waals surface area contributed by atoms with Crippen LogP contribution in [0.3, 0.4) is 0 Å². The fraction of sp³-hybridized carbons (Fsp3) is 0.424. The maximum Gasteiger partial charge on any atom is 0.142 e. The van der Waals surface area contributed by atoms with E-state index in [1.165, 1.54) is 0 Å². The molecule has 3 aromatic rings. The van der Waals surface area contributed by atoms with Gasteiger partial charge in [0.15, 0.2) is 0 Å². The lowest BCUT2D eigenvalue weighted by Crippen LogP contribution is -2.49. The highest BCUT2D eigenvalue weighted by atomic mass is 16.5. The van der Waals surface area contributed by atoms with E-state index in [-0.39, 0.29) is 12.0 Å². The standard InChI is InChI=1S/C33H39N3O5/c1-3-24-6-11-28(18-26(24)19-34)41-27-9-7-25(8-10-27)33-30(37)20-35-21-32(33)40-22-23-5-12-31-29(17-23)36(14-16-39-31)13-4-15-38-2/h5-12,17-18,30,32-33,35,37H,3-4,13-16,20-22H2,1-2H3/t30-,32+,33+/m1/s1. The molecule has 2 aliphatic heterocycles. The smallest absolute Gasteiger partial charge is 0.142 e. The molecule has 216 valence electrons. The number of hydrogen-bond acceptors (Lipinski definition) is 8. The van der Waals surface area contributed by atoms with Crippen LogP contribution in [0.15, 0.2) is 60.7 Å². The number of methoxy groups -OCH3 is 1. The maximum absolute atomic E-state index is 11.0. The average molecular weight is 558 g/mol. The number of aliphatic hydroxyl groups excluding tert-OH is 1. The summed E-state index contributed by atoms with van der Waals surface area (Å²) >= 11 is 0. The topological polar surface area (TPSA) is 96.2 Å². The van der Waals surface area contributed by atoms with Crippen LogP contribution in [0.25, 0.3) is 0 Å². The van der Waals surface area contributed by atoms with Crippen molar-refractivity contribution >= 4 is 5.69 Å². The first-order valence-electron chi connectivity index (χ1n) is 14.4. The normalized spacial score (nSPS) is 20.1. The minimum absolute atomic E-state index is 0.175. The molecule has 1 fully saturated rings. The van der Waals surface area contributed by atoms with Crippen LogP contribution in [-0.2, 0) is 22.5 Å². The van der Waals surface area contributed by atoms with Gasteiger partial charge in [0.2, 0.25) is 0 Å². The van der Waals surface area contributed by atoms with E-state index in [9.17, 15) is 10.4 Å². The van der Waals surface area contributed by atoms with Gasteiger partial charge in [0, 0.05) is 39.3 Å². The molecule has 0 radical (unpaired) electrons. The van der Waals surface area contributed by atoms with Gasteiger partial charge in [-0.3, -0.25) is 0 Å². The second-order valence-electron chi connectivity index (χ2n) is 10.5. The zero-order valence-electron chi connectivity index (χ0n) is 23.8. The molecule has 3 atom stereocenters. The van der Waals surface area contributed by atoms with Gasteiger partial charge in [-0.05, 0) is 65.9 Å². The maximum atomic E-state index is 11.0. The van der Waals surface area contributed by atoms with E-state index in [4.69, 9.17) is 18.9 Å². The molecule has 0 spiro atoms. The van der Waals surface area contributed by atoms with Crippen LogP contribution < -0.4 is 19.7 Å². The van der Waals surface area contributed by atoms with Crippen molar-refractivity contribution in [3.63, 3.8) is 0 Å². The Morgan fingerprint density at radius 2 is 1.90 bits per heavy atom. The first-order chi connectivity index (χ1) is 20.1. The number of nitrogens with zero attached hydrogens (tertiary/aromatic N) is 2. The van der Waals surface area contributed by atoms with Gasteiger partial charge in [-0.1, -0.05) is 31.2 Å². The van der Waals surface area contributed by atoms with Crippen LogP contribution in [-0.4, -0.2) is 63.8 Å². The van der Waals surface area contributed by atoms with Crippen molar-refractivity contribution in [1.82, 2.24) is 5.32 Å². The molecule has 0 bridgehead atoms. The second kappa shape index (κ2) is 13.8. The largest absolute Gasteiger partial charge is 0.490 e. The molecule has 2 heterocycles. The zero-order valence-corrected chi connectivity index (χ0v) is 23.8. The molecule has 2 N–H and O–H groups in total. The Hall–Kier alpha value is -3.61. The van der Waals surface area contributed by atoms with E-state index >= 15 is 0 Å². The Morgan fingerprint density at radius 1 is 1.07 bits per heavy atom. The summed E-state index contributed by atoms with van der Waals surface area (Å²) < 4.78 is 23.6. The van der Waals surface area contributed by atoms with Crippen molar-refractivity contribution in [1.29, 1.82) is 5.26 Å². The van der Waals surface area contributed by atoms with Crippen molar-refractivity contribution in [3.8, 4) is 23.3 Å². The van der Waals surface area contributed by atoms with Gasteiger partial charge in [0.25, 0.3) is 0 Å². The first kappa shape index (κ1) is 28.9. The Kier molecular flexibility index (Phi) is 9.75. The van der Waals surface area contributed by atoms with Gasteiger partial charge in [0.1, 0.15) is 23.9 Å². The van der Waals surface area contributed by atoms with E-state index in [0.717, 1.165) is 60.7 Å². The predicted molar refractivity (Wildman–Crippen MR) is 158 cm³/mol. The third-order valence-corrected chi connectivity index (χ3v) is 7.82. The van der Waals surface area contributed by atoms with Crippen molar-refractivity contribution in [2.75, 3.05) is 51.4 Å². The molecule has 0 saturated carbocycles. The number of piperidine rings is 1. The van der Waals surface area contributed by atoms with Gasteiger partial charge in [-0.2, -0.15) is 5.26 Å². The first-order valence-corrected chi connectivity index (χ1v) is 14.4. The number of β-amino-alcohol motifs (C(OH)–C–C–N with tert-alkyl or cyclic N) is 1. The number of ether oxygens (including phenoxy) is 4. The van der Waals surface area contributed by atoms with Crippen LogP contribution in [0.1, 0.15) is 41.5 Å². The predicted octanol–water partition coefficient (Wildman–Crippen LogP) is 4.78. The molecule has 3 aromatic carbocycles. The number of rotatable bonds is 11. The summed E-state index contributed by atoms with van der Waals surface area (Å²) in [7, 11) is 1.73. The molecular formula is C33H39N3O5. The third-order valence-electron chi connectivity index (χ3n) is 7.82. The molecular weight excluding hydrogens is 518 g/mol. The zero-order chi connectivity index (χ0) is 28.6. The average Bonchev–Trinajstić information content (AvgIpc) is 3.00. The number of aryl methyl sites for hydroxylation is 1. The number of hydrogen-bond donors (Lipinski definition) is 2. The molecule has 1 saturated heterocycles. The number of anilines is 1. The molecule has 0 aliphatic carbocycles. The summed E-state index contributed by atoms with van der Waals surface area (Å²) in [5.41, 5.74) is 4.79. The molecule has 5 rings (SSSR count). The fourth-order valence-corrected chi connectivity index (χ4v) is 5.64. The summed E-state index contributed by atoms with van der Waals surface area (Å²) in [6, 6.07) is 21.9. The lowest BCUT2D eigenvalue weighted by molar-refractivity contribution is -0.0328. The Morgan fingerprint density at radius 3 is 2.68 bits per heavy atom. The van der Waals surface area contributed by atoms with E-state index < -0.39 is 6.10 Å². The summed E-state index contributed by atoms with van der Waals surface area (Å²) in [5, 5.41) is 23.7. The van der Waals surface area contributed by atoms with Gasteiger partial charge in [-0.25, -0.2) is 0 Å². The lowest BCUT2D eigenvalue weighted by atomic mass is 9.85. The minimum atomic E-state index is -0.575. The van der Waals surface area contributed by atoms with Crippen LogP contribution in [0.4, 0.5) is 5.69 Å². The van der Waals surface area contributed by atoms with Crippen LogP contribution in [0.2, 0.25) is 0 Å². The number of benzene rings is 3. The van der Waals surface area contributed by atoms with E-state index in [1.54, 1.807) is 13.2 Å². The fourth-order valence-electron chi connectivity index (χ4n) is 5.64. The minimum Gasteiger partial charge on any atom is -0.490 e. The van der Waals surface area contributed by atoms with Gasteiger partial charge < -0.3 is 34.3 Å². The molecule has 41 heavy (non-hydrogen) atoms. The van der Waals surface area contributed by atoms with Gasteiger partial charge >= 0.3 is 0 Å². The highest BCUT2D eigenvalue weighted by Gasteiger charge is 2.34. The highest BCUT2D eigenvalue weighted by Crippen LogP contribution is 2.35. The van der Waals surface area contributed by atoms with E-state index in [1.807, 2.05) is 49.4 Å². The van der Waals surface area contributed by atoms with Crippen LogP contribution in [0, 0.1) is 11.3 Å². The van der Waals surface area contributed by atoms with Crippen molar-refractivity contribution in [2.24, 2.45) is 0 Å². The number of aliphatic hydroxyl groups is 1. The van der Waals surface area contributed by atoms with Crippen LogP contribution >= 0.6 is 0 Å². The number of nitriles is 1. The molecule has 0 unspecified atom stereocenters. The summed E-state index contributed by atoms with van der Waals surface area (Å²) in [5.74, 6) is 2.03. The Labute approximate surface area is 242 Å². The number of fused-ring (bicyclic) bond motifs is 1. The molecule has 8 heteroatoms. The van der Waals surface area contributed by atoms with Gasteiger partial charge in [0.05, 0.1) is 42.7 Å². The van der Waals surface area contributed by atoms with Crippen LogP contribution in [0.5, 0.6) is 17.2 Å². The van der Waals surface area contributed by atoms with E-state index in [2.05, 4.69) is 28.4 Å². The molecule has 2 aliphatic rings. The lowest BCUT2D eigenvalue weighted by Gasteiger charge is -2.36. The van der Waals surface area contributed by atoms with Gasteiger partial charge in [-0.15, -0.1) is 0 Å². The molecule has 0 amide bonds. The third kappa shape index (κ3) is 7.00. The Bertz CT molecular complexity index is 1340. The SMILES string of the molecule is CCc1ccc(Oc2ccc([C@H]3[C@H](O)CNC[C@@H]3OCc3ccc4c(c3)N(CCCOC)CCO4)cc2)cc1C#N. The van der Waals surface area contributed by atoms with Crippen molar-refractivity contribution < 1.29 is 24.1 Å².